The van der Waals surface area contributed by atoms with Crippen LogP contribution in [0.15, 0.2) is 18.2 Å². The minimum atomic E-state index is -0.169. The largest absolute Gasteiger partial charge is 0.398 e. The molecule has 0 unspecified atom stereocenters. The molecule has 0 aromatic heterocycles. The zero-order valence-corrected chi connectivity index (χ0v) is 9.66. The lowest BCUT2D eigenvalue weighted by atomic mass is 10.2. The number of nitrogen functional groups attached to an aromatic ring is 1. The Balaban J connectivity index is 2.80. The lowest BCUT2D eigenvalue weighted by molar-refractivity contribution is 0.0798. The van der Waals surface area contributed by atoms with E-state index in [2.05, 4.69) is 0 Å². The quantitative estimate of drug-likeness (QED) is 0.817. The van der Waals surface area contributed by atoms with Crippen molar-refractivity contribution in [1.29, 1.82) is 5.26 Å². The Labute approximate surface area is 99.2 Å². The Bertz CT molecular complexity index is 439. The zero-order chi connectivity index (χ0) is 12.1. The van der Waals surface area contributed by atoms with Crippen molar-refractivity contribution in [2.75, 3.05) is 19.3 Å². The van der Waals surface area contributed by atoms with Crippen molar-refractivity contribution in [3.63, 3.8) is 0 Å². The molecule has 0 spiro atoms. The third kappa shape index (κ3) is 2.88. The first-order chi connectivity index (χ1) is 7.56. The molecule has 1 rings (SSSR count). The van der Waals surface area contributed by atoms with Gasteiger partial charge in [0.25, 0.3) is 5.91 Å². The number of nitriles is 1. The molecule has 0 saturated carbocycles. The van der Waals surface area contributed by atoms with Gasteiger partial charge in [0.15, 0.2) is 0 Å². The summed E-state index contributed by atoms with van der Waals surface area (Å²) in [6, 6.07) is 6.72. The normalized spacial score (nSPS) is 9.56. The second kappa shape index (κ2) is 5.38. The van der Waals surface area contributed by atoms with E-state index >= 15 is 0 Å². The molecule has 0 aliphatic carbocycles. The highest BCUT2D eigenvalue weighted by molar-refractivity contribution is 6.33. The number of carbonyl (C=O) groups is 1. The fraction of sp³-hybridized carbons (Fsp3) is 0.273. The smallest absolute Gasteiger partial charge is 0.253 e. The Kier molecular flexibility index (Phi) is 4.15. The summed E-state index contributed by atoms with van der Waals surface area (Å²) in [5.41, 5.74) is 6.46. The number of hydrogen-bond donors (Lipinski definition) is 1. The van der Waals surface area contributed by atoms with E-state index in [4.69, 9.17) is 22.6 Å². The molecule has 0 atom stereocenters. The van der Waals surface area contributed by atoms with Crippen molar-refractivity contribution in [2.45, 2.75) is 6.42 Å². The van der Waals surface area contributed by atoms with Gasteiger partial charge in [-0.1, -0.05) is 11.6 Å². The van der Waals surface area contributed by atoms with E-state index in [0.29, 0.717) is 29.2 Å². The first-order valence-electron chi connectivity index (χ1n) is 4.73. The van der Waals surface area contributed by atoms with Crippen LogP contribution in [0.4, 0.5) is 5.69 Å². The van der Waals surface area contributed by atoms with Crippen molar-refractivity contribution >= 4 is 23.2 Å². The number of nitrogens with two attached hydrogens (primary N) is 1. The van der Waals surface area contributed by atoms with Crippen LogP contribution in [0, 0.1) is 11.3 Å². The van der Waals surface area contributed by atoms with Gasteiger partial charge in [-0.15, -0.1) is 0 Å². The maximum absolute atomic E-state index is 11.8. The lowest BCUT2D eigenvalue weighted by Crippen LogP contribution is -2.27. The fourth-order valence-corrected chi connectivity index (χ4v) is 1.38. The number of benzene rings is 1. The molecule has 0 aliphatic heterocycles. The number of nitrogens with zero attached hydrogens (tertiary/aromatic N) is 2. The van der Waals surface area contributed by atoms with Gasteiger partial charge in [-0.3, -0.25) is 4.79 Å². The predicted molar refractivity (Wildman–Crippen MR) is 63.1 cm³/mol. The first-order valence-corrected chi connectivity index (χ1v) is 5.11. The SMILES string of the molecule is CN(CCC#N)C(=O)c1ccc(N)c(Cl)c1. The van der Waals surface area contributed by atoms with Crippen molar-refractivity contribution in [2.24, 2.45) is 0 Å². The van der Waals surface area contributed by atoms with E-state index in [1.165, 1.54) is 11.0 Å². The number of amides is 1. The molecule has 0 heterocycles. The third-order valence-electron chi connectivity index (χ3n) is 2.15. The fourth-order valence-electron chi connectivity index (χ4n) is 1.20. The zero-order valence-electron chi connectivity index (χ0n) is 8.90. The summed E-state index contributed by atoms with van der Waals surface area (Å²) in [7, 11) is 1.64. The van der Waals surface area contributed by atoms with E-state index in [0.717, 1.165) is 0 Å². The van der Waals surface area contributed by atoms with Gasteiger partial charge in [0.1, 0.15) is 0 Å². The number of halogens is 1. The molecular formula is C11H12ClN3O. The van der Waals surface area contributed by atoms with Crippen LogP contribution in [0.5, 0.6) is 0 Å². The van der Waals surface area contributed by atoms with Crippen LogP contribution in [0.1, 0.15) is 16.8 Å². The van der Waals surface area contributed by atoms with Crippen LogP contribution in [0.3, 0.4) is 0 Å². The molecule has 0 fully saturated rings. The highest BCUT2D eigenvalue weighted by atomic mass is 35.5. The van der Waals surface area contributed by atoms with Gasteiger partial charge >= 0.3 is 0 Å². The molecule has 1 amide bonds. The second-order valence-electron chi connectivity index (χ2n) is 3.37. The van der Waals surface area contributed by atoms with Crippen molar-refractivity contribution < 1.29 is 4.79 Å². The van der Waals surface area contributed by atoms with Gasteiger partial charge < -0.3 is 10.6 Å². The van der Waals surface area contributed by atoms with Gasteiger partial charge in [0.05, 0.1) is 23.2 Å². The summed E-state index contributed by atoms with van der Waals surface area (Å²) < 4.78 is 0. The Morgan fingerprint density at radius 1 is 1.62 bits per heavy atom. The maximum Gasteiger partial charge on any atom is 0.253 e. The summed E-state index contributed by atoms with van der Waals surface area (Å²) in [5, 5.41) is 8.78. The number of carbonyl (C=O) groups excluding carboxylic acids is 1. The molecule has 0 radical (unpaired) electrons. The molecule has 5 heteroatoms. The van der Waals surface area contributed by atoms with E-state index in [-0.39, 0.29) is 5.91 Å². The van der Waals surface area contributed by atoms with Crippen LogP contribution in [-0.4, -0.2) is 24.4 Å². The lowest BCUT2D eigenvalue weighted by Gasteiger charge is -2.15. The minimum absolute atomic E-state index is 0.169. The second-order valence-corrected chi connectivity index (χ2v) is 3.78. The highest BCUT2D eigenvalue weighted by Crippen LogP contribution is 2.20. The van der Waals surface area contributed by atoms with Gasteiger partial charge in [0, 0.05) is 19.2 Å². The first kappa shape index (κ1) is 12.3. The Morgan fingerprint density at radius 3 is 2.88 bits per heavy atom. The molecule has 0 saturated heterocycles. The van der Waals surface area contributed by atoms with Crippen LogP contribution < -0.4 is 5.73 Å². The maximum atomic E-state index is 11.8. The average molecular weight is 238 g/mol. The molecule has 0 bridgehead atoms. The topological polar surface area (TPSA) is 70.1 Å². The van der Waals surface area contributed by atoms with Gasteiger partial charge in [-0.05, 0) is 18.2 Å². The Morgan fingerprint density at radius 2 is 2.31 bits per heavy atom. The predicted octanol–water partition coefficient (Wildman–Crippen LogP) is 1.91. The average Bonchev–Trinajstić information content (AvgIpc) is 2.28. The summed E-state index contributed by atoms with van der Waals surface area (Å²) >= 11 is 5.82. The monoisotopic (exact) mass is 237 g/mol. The molecular weight excluding hydrogens is 226 g/mol. The molecule has 16 heavy (non-hydrogen) atoms. The van der Waals surface area contributed by atoms with Gasteiger partial charge in [0.2, 0.25) is 0 Å². The Hall–Kier alpha value is -1.73. The number of rotatable bonds is 3. The standard InChI is InChI=1S/C11H12ClN3O/c1-15(6-2-5-13)11(16)8-3-4-10(14)9(12)7-8/h3-4,7H,2,6,14H2,1H3. The van der Waals surface area contributed by atoms with Crippen molar-refractivity contribution in [1.82, 2.24) is 4.90 Å². The minimum Gasteiger partial charge on any atom is -0.398 e. The molecule has 0 aliphatic rings. The van der Waals surface area contributed by atoms with Gasteiger partial charge in [-0.2, -0.15) is 5.26 Å². The molecule has 4 nitrogen and oxygen atoms in total. The van der Waals surface area contributed by atoms with Crippen molar-refractivity contribution in [3.05, 3.63) is 28.8 Å². The van der Waals surface area contributed by atoms with Crippen LogP contribution >= 0.6 is 11.6 Å². The van der Waals surface area contributed by atoms with E-state index < -0.39 is 0 Å². The number of hydrogen-bond acceptors (Lipinski definition) is 3. The molecule has 2 N–H and O–H groups in total. The van der Waals surface area contributed by atoms with Crippen LogP contribution in [0.2, 0.25) is 5.02 Å². The molecule has 1 aromatic rings. The van der Waals surface area contributed by atoms with Crippen LogP contribution in [0.25, 0.3) is 0 Å². The third-order valence-corrected chi connectivity index (χ3v) is 2.48. The molecule has 1 aromatic carbocycles. The summed E-state index contributed by atoms with van der Waals surface area (Å²) in [5.74, 6) is -0.169. The van der Waals surface area contributed by atoms with Gasteiger partial charge in [-0.25, -0.2) is 0 Å². The molecule has 84 valence electrons. The van der Waals surface area contributed by atoms with E-state index in [1.807, 2.05) is 6.07 Å². The van der Waals surface area contributed by atoms with Crippen LogP contribution in [-0.2, 0) is 0 Å². The van der Waals surface area contributed by atoms with E-state index in [1.54, 1.807) is 19.2 Å². The number of anilines is 1. The highest BCUT2D eigenvalue weighted by Gasteiger charge is 2.12. The van der Waals surface area contributed by atoms with Crippen molar-refractivity contribution in [3.8, 4) is 6.07 Å². The summed E-state index contributed by atoms with van der Waals surface area (Å²) in [4.78, 5) is 13.3. The summed E-state index contributed by atoms with van der Waals surface area (Å²) in [6.45, 7) is 0.400. The van der Waals surface area contributed by atoms with E-state index in [9.17, 15) is 4.79 Å². The summed E-state index contributed by atoms with van der Waals surface area (Å²) in [6.07, 6.45) is 0.310.